The highest BCUT2D eigenvalue weighted by atomic mass is 16.6. The fourth-order valence-electron chi connectivity index (χ4n) is 5.14. The first kappa shape index (κ1) is 31.7. The molecular weight excluding hydrogens is 520 g/mol. The van der Waals surface area contributed by atoms with Gasteiger partial charge in [0.15, 0.2) is 0 Å². The van der Waals surface area contributed by atoms with Crippen molar-refractivity contribution in [1.29, 1.82) is 0 Å². The molecule has 220 valence electrons. The number of benzene rings is 2. The Morgan fingerprint density at radius 2 is 1.54 bits per heavy atom. The van der Waals surface area contributed by atoms with Crippen molar-refractivity contribution in [3.8, 4) is 11.5 Å². The van der Waals surface area contributed by atoms with E-state index in [2.05, 4.69) is 32.2 Å². The van der Waals surface area contributed by atoms with Crippen LogP contribution < -0.4 is 9.47 Å². The third-order valence-electron chi connectivity index (χ3n) is 7.41. The summed E-state index contributed by atoms with van der Waals surface area (Å²) in [5.74, 6) is 1.08. The molecule has 2 aromatic carbocycles. The van der Waals surface area contributed by atoms with Crippen LogP contribution in [0.3, 0.4) is 0 Å². The highest BCUT2D eigenvalue weighted by Gasteiger charge is 2.22. The van der Waals surface area contributed by atoms with Gasteiger partial charge in [0.2, 0.25) is 0 Å². The number of carbonyl (C=O) groups excluding carboxylic acids is 3. The summed E-state index contributed by atoms with van der Waals surface area (Å²) in [6.07, 6.45) is 11.1. The van der Waals surface area contributed by atoms with Gasteiger partial charge in [0.25, 0.3) is 0 Å². The van der Waals surface area contributed by atoms with Gasteiger partial charge in [0.05, 0.1) is 12.2 Å². The van der Waals surface area contributed by atoms with E-state index in [9.17, 15) is 14.4 Å². The largest absolute Gasteiger partial charge is 0.494 e. The van der Waals surface area contributed by atoms with Crippen LogP contribution in [0, 0.1) is 5.92 Å². The molecular formula is C34H42O7. The number of hydrogen-bond acceptors (Lipinski definition) is 7. The van der Waals surface area contributed by atoms with Crippen molar-refractivity contribution in [3.05, 3.63) is 85.0 Å². The molecule has 1 unspecified atom stereocenters. The fraction of sp³-hybridized carbons (Fsp3) is 0.441. The molecule has 1 aliphatic rings. The smallest absolute Gasteiger partial charge is 0.343 e. The zero-order valence-electron chi connectivity index (χ0n) is 24.1. The highest BCUT2D eigenvalue weighted by molar-refractivity contribution is 5.91. The van der Waals surface area contributed by atoms with E-state index in [1.165, 1.54) is 44.1 Å². The number of rotatable bonds is 16. The lowest BCUT2D eigenvalue weighted by atomic mass is 9.77. The van der Waals surface area contributed by atoms with Crippen LogP contribution in [-0.2, 0) is 19.1 Å². The zero-order valence-corrected chi connectivity index (χ0v) is 24.1. The number of esters is 3. The molecule has 0 aromatic heterocycles. The van der Waals surface area contributed by atoms with Gasteiger partial charge in [0.1, 0.15) is 24.2 Å². The van der Waals surface area contributed by atoms with Gasteiger partial charge in [-0.05, 0) is 98.7 Å². The van der Waals surface area contributed by atoms with Gasteiger partial charge in [0, 0.05) is 12.2 Å². The second-order valence-corrected chi connectivity index (χ2v) is 10.4. The fourth-order valence-corrected chi connectivity index (χ4v) is 5.14. The molecule has 0 radical (unpaired) electrons. The Balaban J connectivity index is 1.39. The monoisotopic (exact) mass is 562 g/mol. The molecule has 2 aromatic rings. The third kappa shape index (κ3) is 10.9. The Kier molecular flexibility index (Phi) is 13.2. The lowest BCUT2D eigenvalue weighted by Gasteiger charge is -2.28. The Hall–Kier alpha value is -3.87. The summed E-state index contributed by atoms with van der Waals surface area (Å²) >= 11 is 0. The summed E-state index contributed by atoms with van der Waals surface area (Å²) in [5, 5.41) is 0. The Morgan fingerprint density at radius 1 is 0.878 bits per heavy atom. The molecule has 0 aliphatic heterocycles. The van der Waals surface area contributed by atoms with Crippen LogP contribution in [0.5, 0.6) is 11.5 Å². The van der Waals surface area contributed by atoms with Crippen molar-refractivity contribution < 1.29 is 33.3 Å². The lowest BCUT2D eigenvalue weighted by molar-refractivity contribution is -0.153. The maximum absolute atomic E-state index is 12.6. The maximum atomic E-state index is 12.6. The Labute approximate surface area is 243 Å². The highest BCUT2D eigenvalue weighted by Crippen LogP contribution is 2.37. The predicted molar refractivity (Wildman–Crippen MR) is 158 cm³/mol. The minimum absolute atomic E-state index is 0.0486. The van der Waals surface area contributed by atoms with Crippen molar-refractivity contribution in [2.75, 3.05) is 13.2 Å². The summed E-state index contributed by atoms with van der Waals surface area (Å²) in [6, 6.07) is 14.8. The number of hydrogen-bond donors (Lipinski definition) is 0. The summed E-state index contributed by atoms with van der Waals surface area (Å²) < 4.78 is 21.6. The normalized spacial score (nSPS) is 17.1. The van der Waals surface area contributed by atoms with E-state index in [-0.39, 0.29) is 6.61 Å². The van der Waals surface area contributed by atoms with Gasteiger partial charge in [-0.3, -0.25) is 0 Å². The molecule has 0 amide bonds. The van der Waals surface area contributed by atoms with Crippen molar-refractivity contribution in [3.63, 3.8) is 0 Å². The van der Waals surface area contributed by atoms with Crippen LogP contribution in [0.25, 0.3) is 0 Å². The third-order valence-corrected chi connectivity index (χ3v) is 7.41. The molecule has 0 N–H and O–H groups in total. The van der Waals surface area contributed by atoms with Gasteiger partial charge in [-0.15, -0.1) is 0 Å². The van der Waals surface area contributed by atoms with Crippen LogP contribution in [0.4, 0.5) is 0 Å². The van der Waals surface area contributed by atoms with E-state index in [0.29, 0.717) is 48.8 Å². The maximum Gasteiger partial charge on any atom is 0.343 e. The number of carbonyl (C=O) groups is 3. The molecule has 0 heterocycles. The SMILES string of the molecule is C=CC(=O)OCC(CCCCOc1ccc(C(=O)Oc2ccc(C3CCC(CCC)CC3)cc2)cc1)OC(=O)C=C. The van der Waals surface area contributed by atoms with Gasteiger partial charge in [-0.1, -0.05) is 45.1 Å². The summed E-state index contributed by atoms with van der Waals surface area (Å²) in [7, 11) is 0. The van der Waals surface area contributed by atoms with Crippen molar-refractivity contribution in [2.45, 2.75) is 76.7 Å². The molecule has 1 aliphatic carbocycles. The van der Waals surface area contributed by atoms with Crippen molar-refractivity contribution in [1.82, 2.24) is 0 Å². The average Bonchev–Trinajstić information content (AvgIpc) is 3.00. The topological polar surface area (TPSA) is 88.1 Å². The van der Waals surface area contributed by atoms with E-state index in [4.69, 9.17) is 18.9 Å². The second kappa shape index (κ2) is 17.1. The van der Waals surface area contributed by atoms with E-state index >= 15 is 0 Å². The molecule has 7 nitrogen and oxygen atoms in total. The number of unbranched alkanes of at least 4 members (excludes halogenated alkanes) is 1. The van der Waals surface area contributed by atoms with Crippen LogP contribution >= 0.6 is 0 Å². The predicted octanol–water partition coefficient (Wildman–Crippen LogP) is 7.36. The van der Waals surface area contributed by atoms with Gasteiger partial charge < -0.3 is 18.9 Å². The van der Waals surface area contributed by atoms with Crippen LogP contribution in [0.1, 0.15) is 86.6 Å². The summed E-state index contributed by atoms with van der Waals surface area (Å²) in [5.41, 5.74) is 1.77. The molecule has 1 saturated carbocycles. The second-order valence-electron chi connectivity index (χ2n) is 10.4. The van der Waals surface area contributed by atoms with Gasteiger partial charge in [-0.25, -0.2) is 14.4 Å². The number of ether oxygens (including phenoxy) is 4. The van der Waals surface area contributed by atoms with Crippen LogP contribution in [0.2, 0.25) is 0 Å². The molecule has 0 spiro atoms. The average molecular weight is 563 g/mol. The van der Waals surface area contributed by atoms with E-state index < -0.39 is 24.0 Å². The van der Waals surface area contributed by atoms with Crippen molar-refractivity contribution >= 4 is 17.9 Å². The minimum atomic E-state index is -0.576. The minimum Gasteiger partial charge on any atom is -0.494 e. The standard InChI is InChI=1S/C34H42O7/c1-4-9-25-11-13-26(14-12-25)27-15-21-30(22-16-27)41-34(37)28-17-19-29(20-18-28)38-23-8-7-10-31(40-33(36)6-3)24-39-32(35)5-2/h5-6,15-22,25-26,31H,2-4,7-14,23-24H2,1H3. The lowest BCUT2D eigenvalue weighted by Crippen LogP contribution is -2.24. The Morgan fingerprint density at radius 3 is 2.17 bits per heavy atom. The van der Waals surface area contributed by atoms with Crippen molar-refractivity contribution in [2.24, 2.45) is 5.92 Å². The molecule has 7 heteroatoms. The summed E-state index contributed by atoms with van der Waals surface area (Å²) in [6.45, 7) is 9.38. The van der Waals surface area contributed by atoms with E-state index in [0.717, 1.165) is 18.1 Å². The summed E-state index contributed by atoms with van der Waals surface area (Å²) in [4.78, 5) is 35.5. The first-order valence-electron chi connectivity index (χ1n) is 14.6. The van der Waals surface area contributed by atoms with Crippen LogP contribution in [-0.4, -0.2) is 37.2 Å². The molecule has 41 heavy (non-hydrogen) atoms. The molecule has 1 fully saturated rings. The van der Waals surface area contributed by atoms with E-state index in [1.807, 2.05) is 12.1 Å². The van der Waals surface area contributed by atoms with Gasteiger partial charge in [-0.2, -0.15) is 0 Å². The van der Waals surface area contributed by atoms with Crippen LogP contribution in [0.15, 0.2) is 73.8 Å². The quantitative estimate of drug-likeness (QED) is 0.0914. The van der Waals surface area contributed by atoms with Gasteiger partial charge >= 0.3 is 17.9 Å². The first-order valence-corrected chi connectivity index (χ1v) is 14.6. The first-order chi connectivity index (χ1) is 19.9. The van der Waals surface area contributed by atoms with E-state index in [1.54, 1.807) is 24.3 Å². The molecule has 1 atom stereocenters. The zero-order chi connectivity index (χ0) is 29.5. The molecule has 0 bridgehead atoms. The molecule has 0 saturated heterocycles. The molecule has 3 rings (SSSR count). The Bertz CT molecular complexity index is 1130.